The predicted molar refractivity (Wildman–Crippen MR) is 140 cm³/mol. The molecule has 0 amide bonds. The van der Waals surface area contributed by atoms with Gasteiger partial charge in [-0.25, -0.2) is 9.98 Å². The zero-order valence-corrected chi connectivity index (χ0v) is 19.2. The second kappa shape index (κ2) is 9.70. The molecule has 0 aliphatic rings. The van der Waals surface area contributed by atoms with Crippen LogP contribution in [0.2, 0.25) is 0 Å². The van der Waals surface area contributed by atoms with E-state index in [1.54, 1.807) is 36.5 Å². The molecule has 1 N–H and O–H groups in total. The van der Waals surface area contributed by atoms with Crippen LogP contribution in [0.4, 0.5) is 10.8 Å². The minimum Gasteiger partial charge on any atom is -0.507 e. The van der Waals surface area contributed by atoms with Crippen molar-refractivity contribution in [1.82, 2.24) is 4.98 Å². The van der Waals surface area contributed by atoms with E-state index in [1.807, 2.05) is 36.4 Å². The van der Waals surface area contributed by atoms with E-state index in [-0.39, 0.29) is 11.4 Å². The van der Waals surface area contributed by atoms with Gasteiger partial charge in [0, 0.05) is 29.5 Å². The maximum atomic E-state index is 11.1. The standard InChI is InChI=1S/C28H19N3O3S/c32-25-9-5-4-8-23(25)18-29-28-30-26(27(35-28)22-14-16-24(17-15-22)31(33)34)21-12-10-20(11-13-21)19-6-2-1-3-7-19/h1-18,32H. The molecule has 5 aromatic rings. The monoisotopic (exact) mass is 477 g/mol. The molecule has 0 saturated heterocycles. The van der Waals surface area contributed by atoms with Crippen LogP contribution >= 0.6 is 11.3 Å². The number of non-ortho nitro benzene ring substituents is 1. The zero-order valence-electron chi connectivity index (χ0n) is 18.4. The first-order valence-corrected chi connectivity index (χ1v) is 11.6. The second-order valence-electron chi connectivity index (χ2n) is 7.74. The number of aromatic hydroxyl groups is 1. The third-order valence-corrected chi connectivity index (χ3v) is 6.48. The van der Waals surface area contributed by atoms with Crippen LogP contribution in [0.5, 0.6) is 5.75 Å². The SMILES string of the molecule is O=[N+]([O-])c1ccc(-c2sc(N=Cc3ccccc3O)nc2-c2ccc(-c3ccccc3)cc2)cc1. The van der Waals surface area contributed by atoms with Gasteiger partial charge >= 0.3 is 0 Å². The first kappa shape index (κ1) is 22.2. The Hall–Kier alpha value is -4.62. The van der Waals surface area contributed by atoms with Crippen molar-refractivity contribution in [3.05, 3.63) is 119 Å². The number of hydrogen-bond donors (Lipinski definition) is 1. The summed E-state index contributed by atoms with van der Waals surface area (Å²) in [5, 5.41) is 21.6. The Morgan fingerprint density at radius 1 is 0.771 bits per heavy atom. The summed E-state index contributed by atoms with van der Waals surface area (Å²) in [5.41, 5.74) is 5.32. The first-order valence-electron chi connectivity index (χ1n) is 10.8. The number of aromatic nitrogens is 1. The van der Waals surface area contributed by atoms with Gasteiger partial charge in [-0.15, -0.1) is 0 Å². The molecule has 1 heterocycles. The molecule has 0 aliphatic heterocycles. The smallest absolute Gasteiger partial charge is 0.269 e. The van der Waals surface area contributed by atoms with Crippen LogP contribution in [0.25, 0.3) is 32.8 Å². The van der Waals surface area contributed by atoms with Crippen molar-refractivity contribution in [3.63, 3.8) is 0 Å². The second-order valence-corrected chi connectivity index (χ2v) is 8.72. The van der Waals surface area contributed by atoms with Gasteiger partial charge in [-0.05, 0) is 41.0 Å². The number of phenols is 1. The van der Waals surface area contributed by atoms with Crippen molar-refractivity contribution in [2.24, 2.45) is 4.99 Å². The summed E-state index contributed by atoms with van der Waals surface area (Å²) in [4.78, 5) is 20.8. The Balaban J connectivity index is 1.55. The number of benzene rings is 4. The third kappa shape index (κ3) is 4.85. The number of nitro groups is 1. The quantitative estimate of drug-likeness (QED) is 0.156. The molecule has 4 aromatic carbocycles. The van der Waals surface area contributed by atoms with Gasteiger partial charge < -0.3 is 5.11 Å². The van der Waals surface area contributed by atoms with Crippen molar-refractivity contribution in [2.45, 2.75) is 0 Å². The van der Waals surface area contributed by atoms with E-state index in [0.29, 0.717) is 10.7 Å². The fourth-order valence-corrected chi connectivity index (χ4v) is 4.60. The molecule has 170 valence electrons. The Bertz CT molecular complexity index is 1510. The van der Waals surface area contributed by atoms with Crippen molar-refractivity contribution >= 4 is 28.4 Å². The Morgan fingerprint density at radius 2 is 1.37 bits per heavy atom. The average Bonchev–Trinajstić information content (AvgIpc) is 3.33. The summed E-state index contributed by atoms with van der Waals surface area (Å²) in [6.07, 6.45) is 1.58. The van der Waals surface area contributed by atoms with Crippen molar-refractivity contribution in [3.8, 4) is 38.6 Å². The number of para-hydroxylation sites is 1. The van der Waals surface area contributed by atoms with E-state index in [4.69, 9.17) is 4.98 Å². The fraction of sp³-hybridized carbons (Fsp3) is 0. The van der Waals surface area contributed by atoms with Gasteiger partial charge in [0.1, 0.15) is 5.75 Å². The van der Waals surface area contributed by atoms with E-state index in [2.05, 4.69) is 29.3 Å². The van der Waals surface area contributed by atoms with E-state index < -0.39 is 4.92 Å². The van der Waals surface area contributed by atoms with Gasteiger partial charge in [0.25, 0.3) is 5.69 Å². The maximum absolute atomic E-state index is 11.1. The molecule has 1 aromatic heterocycles. The number of nitrogens with zero attached hydrogens (tertiary/aromatic N) is 3. The molecular formula is C28H19N3O3S. The van der Waals surface area contributed by atoms with Crippen LogP contribution in [0.1, 0.15) is 5.56 Å². The molecule has 0 fully saturated rings. The molecule has 0 atom stereocenters. The Kier molecular flexibility index (Phi) is 6.15. The average molecular weight is 478 g/mol. The molecule has 0 aliphatic carbocycles. The van der Waals surface area contributed by atoms with Gasteiger partial charge in [-0.1, -0.05) is 78.1 Å². The number of thiazole rings is 1. The van der Waals surface area contributed by atoms with Crippen molar-refractivity contribution < 1.29 is 10.0 Å². The molecule has 6 nitrogen and oxygen atoms in total. The van der Waals surface area contributed by atoms with E-state index in [1.165, 1.54) is 23.5 Å². The number of aliphatic imine (C=N–C) groups is 1. The maximum Gasteiger partial charge on any atom is 0.269 e. The third-order valence-electron chi connectivity index (χ3n) is 5.47. The molecule has 0 saturated carbocycles. The summed E-state index contributed by atoms with van der Waals surface area (Å²) in [7, 11) is 0. The number of phenolic OH excluding ortho intramolecular Hbond substituents is 1. The van der Waals surface area contributed by atoms with Crippen molar-refractivity contribution in [1.29, 1.82) is 0 Å². The highest BCUT2D eigenvalue weighted by Gasteiger charge is 2.16. The summed E-state index contributed by atoms with van der Waals surface area (Å²) in [6.45, 7) is 0. The van der Waals surface area contributed by atoms with Gasteiger partial charge in [0.05, 0.1) is 15.5 Å². The summed E-state index contributed by atoms with van der Waals surface area (Å²) in [6, 6.07) is 31.6. The number of rotatable bonds is 6. The molecular weight excluding hydrogens is 458 g/mol. The highest BCUT2D eigenvalue weighted by atomic mass is 32.1. The van der Waals surface area contributed by atoms with Gasteiger partial charge in [-0.2, -0.15) is 0 Å². The largest absolute Gasteiger partial charge is 0.507 e. The molecule has 0 radical (unpaired) electrons. The van der Waals surface area contributed by atoms with E-state index >= 15 is 0 Å². The van der Waals surface area contributed by atoms with Crippen LogP contribution in [0.15, 0.2) is 108 Å². The molecule has 5 rings (SSSR count). The first-order chi connectivity index (χ1) is 17.1. The van der Waals surface area contributed by atoms with E-state index in [0.717, 1.165) is 32.8 Å². The van der Waals surface area contributed by atoms with E-state index in [9.17, 15) is 15.2 Å². The number of nitro benzene ring substituents is 1. The lowest BCUT2D eigenvalue weighted by Gasteiger charge is -2.05. The number of hydrogen-bond acceptors (Lipinski definition) is 6. The van der Waals surface area contributed by atoms with Gasteiger partial charge in [-0.3, -0.25) is 10.1 Å². The van der Waals surface area contributed by atoms with Gasteiger partial charge in [0.2, 0.25) is 5.13 Å². The highest BCUT2D eigenvalue weighted by molar-refractivity contribution is 7.19. The summed E-state index contributed by atoms with van der Waals surface area (Å²) < 4.78 is 0. The lowest BCUT2D eigenvalue weighted by atomic mass is 10.0. The molecule has 0 spiro atoms. The van der Waals surface area contributed by atoms with Crippen LogP contribution in [0, 0.1) is 10.1 Å². The molecule has 0 unspecified atom stereocenters. The lowest BCUT2D eigenvalue weighted by molar-refractivity contribution is -0.384. The normalized spacial score (nSPS) is 11.1. The van der Waals surface area contributed by atoms with Crippen LogP contribution < -0.4 is 0 Å². The summed E-state index contributed by atoms with van der Waals surface area (Å²) in [5.74, 6) is 0.139. The minimum absolute atomic E-state index is 0.0322. The fourth-order valence-electron chi connectivity index (χ4n) is 3.66. The van der Waals surface area contributed by atoms with Crippen LogP contribution in [0.3, 0.4) is 0 Å². The van der Waals surface area contributed by atoms with Crippen molar-refractivity contribution in [2.75, 3.05) is 0 Å². The molecule has 0 bridgehead atoms. The highest BCUT2D eigenvalue weighted by Crippen LogP contribution is 2.41. The van der Waals surface area contributed by atoms with Crippen LogP contribution in [-0.2, 0) is 0 Å². The lowest BCUT2D eigenvalue weighted by Crippen LogP contribution is -1.87. The minimum atomic E-state index is -0.415. The topological polar surface area (TPSA) is 88.6 Å². The van der Waals surface area contributed by atoms with Crippen LogP contribution in [-0.4, -0.2) is 21.2 Å². The van der Waals surface area contributed by atoms with Gasteiger partial charge in [0.15, 0.2) is 0 Å². The summed E-state index contributed by atoms with van der Waals surface area (Å²) >= 11 is 1.39. The zero-order chi connectivity index (χ0) is 24.2. The Labute approximate surface area is 205 Å². The Morgan fingerprint density at radius 3 is 2.06 bits per heavy atom. The predicted octanol–water partition coefficient (Wildman–Crippen LogP) is 7.51. The molecule has 7 heteroatoms. The molecule has 35 heavy (non-hydrogen) atoms.